The molecule has 0 heterocycles. The maximum absolute atomic E-state index is 3.89. The van der Waals surface area contributed by atoms with Gasteiger partial charge in [-0.3, -0.25) is 0 Å². The van der Waals surface area contributed by atoms with Crippen molar-refractivity contribution in [2.24, 2.45) is 0 Å². The van der Waals surface area contributed by atoms with Gasteiger partial charge in [0.15, 0.2) is 0 Å². The number of allylic oxidation sites excluding steroid dienone is 1. The molecule has 0 unspecified atom stereocenters. The van der Waals surface area contributed by atoms with Gasteiger partial charge in [0.25, 0.3) is 0 Å². The largest absolute Gasteiger partial charge is 0.100 e. The summed E-state index contributed by atoms with van der Waals surface area (Å²) in [5.41, 5.74) is 3.79. The van der Waals surface area contributed by atoms with Crippen molar-refractivity contribution >= 4 is 6.08 Å². The summed E-state index contributed by atoms with van der Waals surface area (Å²) in [6, 6.07) is 8.50. The quantitative estimate of drug-likeness (QED) is 0.605. The van der Waals surface area contributed by atoms with Crippen LogP contribution in [0, 0.1) is 0 Å². The third-order valence-corrected chi connectivity index (χ3v) is 2.06. The van der Waals surface area contributed by atoms with Gasteiger partial charge in [-0.25, -0.2) is 0 Å². The van der Waals surface area contributed by atoms with Gasteiger partial charge in [-0.15, -0.1) is 6.58 Å². The Hall–Kier alpha value is -1.30. The first-order valence-corrected chi connectivity index (χ1v) is 4.58. The zero-order valence-corrected chi connectivity index (χ0v) is 8.22. The summed E-state index contributed by atoms with van der Waals surface area (Å²) in [6.45, 7) is 9.68. The monoisotopic (exact) mass is 172 g/mol. The molecule has 0 aliphatic heterocycles. The molecule has 0 aliphatic rings. The van der Waals surface area contributed by atoms with Crippen LogP contribution in [0.25, 0.3) is 6.08 Å². The average Bonchev–Trinajstić information content (AvgIpc) is 2.15. The molecule has 0 aliphatic carbocycles. The molecule has 0 aromatic heterocycles. The lowest BCUT2D eigenvalue weighted by Gasteiger charge is -2.01. The van der Waals surface area contributed by atoms with E-state index >= 15 is 0 Å². The summed E-state index contributed by atoms with van der Waals surface area (Å²) in [4.78, 5) is 0. The first kappa shape index (κ1) is 9.79. The van der Waals surface area contributed by atoms with E-state index in [4.69, 9.17) is 0 Å². The van der Waals surface area contributed by atoms with E-state index in [1.165, 1.54) is 16.7 Å². The fourth-order valence-corrected chi connectivity index (χ4v) is 1.18. The fraction of sp³-hybridized carbons (Fsp3) is 0.231. The van der Waals surface area contributed by atoms with Crippen molar-refractivity contribution in [2.45, 2.75) is 19.8 Å². The van der Waals surface area contributed by atoms with Crippen molar-refractivity contribution in [3.63, 3.8) is 0 Å². The van der Waals surface area contributed by atoms with Gasteiger partial charge in [0.1, 0.15) is 0 Å². The number of benzene rings is 1. The third-order valence-electron chi connectivity index (χ3n) is 2.06. The molecular weight excluding hydrogens is 156 g/mol. The summed E-state index contributed by atoms with van der Waals surface area (Å²) in [6.07, 6.45) is 4.03. The van der Waals surface area contributed by atoms with Crippen molar-refractivity contribution in [1.29, 1.82) is 0 Å². The first-order chi connectivity index (χ1) is 6.22. The Kier molecular flexibility index (Phi) is 3.51. The van der Waals surface area contributed by atoms with Crippen molar-refractivity contribution in [3.8, 4) is 0 Å². The molecule has 0 heteroatoms. The molecule has 0 bridgehead atoms. The Labute approximate surface area is 80.6 Å². The van der Waals surface area contributed by atoms with Gasteiger partial charge >= 0.3 is 0 Å². The highest BCUT2D eigenvalue weighted by Gasteiger charge is 1.92. The molecule has 1 aromatic rings. The second-order valence-electron chi connectivity index (χ2n) is 3.40. The zero-order valence-electron chi connectivity index (χ0n) is 8.22. The average molecular weight is 172 g/mol. The predicted molar refractivity (Wildman–Crippen MR) is 59.7 cm³/mol. The number of hydrogen-bond donors (Lipinski definition) is 0. The van der Waals surface area contributed by atoms with E-state index in [1.807, 2.05) is 6.08 Å². The van der Waals surface area contributed by atoms with Crippen molar-refractivity contribution < 1.29 is 0 Å². The first-order valence-electron chi connectivity index (χ1n) is 4.58. The molecule has 13 heavy (non-hydrogen) atoms. The summed E-state index contributed by atoms with van der Waals surface area (Å²) < 4.78 is 0. The van der Waals surface area contributed by atoms with E-state index in [0.29, 0.717) is 0 Å². The fourth-order valence-electron chi connectivity index (χ4n) is 1.18. The van der Waals surface area contributed by atoms with Gasteiger partial charge in [-0.05, 0) is 30.9 Å². The number of hydrogen-bond acceptors (Lipinski definition) is 0. The molecule has 1 aromatic carbocycles. The van der Waals surface area contributed by atoms with Crippen molar-refractivity contribution in [1.82, 2.24) is 0 Å². The molecule has 0 nitrogen and oxygen atoms in total. The topological polar surface area (TPSA) is 0 Å². The van der Waals surface area contributed by atoms with Crippen LogP contribution in [0.5, 0.6) is 0 Å². The van der Waals surface area contributed by atoms with E-state index in [9.17, 15) is 0 Å². The highest BCUT2D eigenvalue weighted by Crippen LogP contribution is 2.09. The molecule has 0 radical (unpaired) electrons. The number of rotatable bonds is 4. The van der Waals surface area contributed by atoms with Crippen molar-refractivity contribution in [2.75, 3.05) is 0 Å². The van der Waals surface area contributed by atoms with E-state index in [0.717, 1.165) is 12.8 Å². The maximum Gasteiger partial charge on any atom is -0.0242 e. The molecule has 0 amide bonds. The highest BCUT2D eigenvalue weighted by molar-refractivity contribution is 5.47. The summed E-state index contributed by atoms with van der Waals surface area (Å²) in [7, 11) is 0. The van der Waals surface area contributed by atoms with E-state index in [-0.39, 0.29) is 0 Å². The summed E-state index contributed by atoms with van der Waals surface area (Å²) in [5, 5.41) is 0. The van der Waals surface area contributed by atoms with Gasteiger partial charge in [0.05, 0.1) is 0 Å². The minimum atomic E-state index is 1.08. The SMILES string of the molecule is C=Cc1ccc(CCC(=C)C)cc1. The van der Waals surface area contributed by atoms with Crippen LogP contribution in [0.1, 0.15) is 24.5 Å². The van der Waals surface area contributed by atoms with Crippen LogP contribution < -0.4 is 0 Å². The molecule has 0 fully saturated rings. The molecule has 68 valence electrons. The van der Waals surface area contributed by atoms with E-state index < -0.39 is 0 Å². The van der Waals surface area contributed by atoms with Crippen LogP contribution in [-0.2, 0) is 6.42 Å². The molecule has 0 saturated heterocycles. The van der Waals surface area contributed by atoms with Crippen LogP contribution in [0.2, 0.25) is 0 Å². The molecule has 0 N–H and O–H groups in total. The van der Waals surface area contributed by atoms with Crippen LogP contribution in [0.3, 0.4) is 0 Å². The third kappa shape index (κ3) is 3.29. The van der Waals surface area contributed by atoms with Gasteiger partial charge < -0.3 is 0 Å². The molecule has 0 spiro atoms. The standard InChI is InChI=1S/C13H16/c1-4-12-7-9-13(10-8-12)6-5-11(2)3/h4,7-10H,1-2,5-6H2,3H3. The van der Waals surface area contributed by atoms with E-state index in [2.05, 4.69) is 44.3 Å². The lowest BCUT2D eigenvalue weighted by molar-refractivity contribution is 0.946. The zero-order chi connectivity index (χ0) is 9.68. The smallest absolute Gasteiger partial charge is 0.0242 e. The van der Waals surface area contributed by atoms with Crippen molar-refractivity contribution in [3.05, 3.63) is 54.1 Å². The Balaban J connectivity index is 2.59. The molecule has 1 rings (SSSR count). The summed E-state index contributed by atoms with van der Waals surface area (Å²) in [5.74, 6) is 0. The lowest BCUT2D eigenvalue weighted by atomic mass is 10.0. The van der Waals surface area contributed by atoms with E-state index in [1.54, 1.807) is 0 Å². The summed E-state index contributed by atoms with van der Waals surface area (Å²) >= 11 is 0. The predicted octanol–water partition coefficient (Wildman–Crippen LogP) is 3.84. The second-order valence-corrected chi connectivity index (χ2v) is 3.40. The number of aryl methyl sites for hydroxylation is 1. The second kappa shape index (κ2) is 4.66. The minimum absolute atomic E-state index is 1.08. The Morgan fingerprint density at radius 2 is 1.92 bits per heavy atom. The lowest BCUT2D eigenvalue weighted by Crippen LogP contribution is -1.85. The molecule has 0 saturated carbocycles. The van der Waals surface area contributed by atoms with Crippen LogP contribution in [-0.4, -0.2) is 0 Å². The van der Waals surface area contributed by atoms with Crippen LogP contribution >= 0.6 is 0 Å². The van der Waals surface area contributed by atoms with Crippen LogP contribution in [0.15, 0.2) is 43.0 Å². The molecule has 0 atom stereocenters. The normalized spacial score (nSPS) is 9.62. The highest BCUT2D eigenvalue weighted by atomic mass is 14.0. The molecular formula is C13H16. The van der Waals surface area contributed by atoms with Crippen LogP contribution in [0.4, 0.5) is 0 Å². The van der Waals surface area contributed by atoms with Gasteiger partial charge in [0.2, 0.25) is 0 Å². The maximum atomic E-state index is 3.89. The Bertz CT molecular complexity index is 290. The van der Waals surface area contributed by atoms with Gasteiger partial charge in [0, 0.05) is 0 Å². The van der Waals surface area contributed by atoms with Gasteiger partial charge in [-0.1, -0.05) is 42.5 Å². The Morgan fingerprint density at radius 1 is 1.31 bits per heavy atom. The van der Waals surface area contributed by atoms with Gasteiger partial charge in [-0.2, -0.15) is 0 Å². The minimum Gasteiger partial charge on any atom is -0.100 e. The Morgan fingerprint density at radius 3 is 2.38 bits per heavy atom.